The molecule has 1 aromatic carbocycles. The summed E-state index contributed by atoms with van der Waals surface area (Å²) in [6.07, 6.45) is 0. The Hall–Kier alpha value is -0.780. The number of thioether (sulfide) groups is 1. The molecular formula is C12H15N3S2. The summed E-state index contributed by atoms with van der Waals surface area (Å²) in [7, 11) is 2.18. The predicted molar refractivity (Wildman–Crippen MR) is 76.5 cm³/mol. The van der Waals surface area contributed by atoms with E-state index < -0.39 is 0 Å². The van der Waals surface area contributed by atoms with Crippen molar-refractivity contribution in [2.24, 2.45) is 0 Å². The number of fused-ring (bicyclic) bond motifs is 1. The third kappa shape index (κ3) is 1.92. The minimum absolute atomic E-state index is 0.406. The van der Waals surface area contributed by atoms with Crippen molar-refractivity contribution in [1.29, 1.82) is 0 Å². The first-order valence-electron chi connectivity index (χ1n) is 5.64. The average molecular weight is 265 g/mol. The minimum Gasteiger partial charge on any atom is -0.399 e. The molecule has 5 heteroatoms. The number of hydrogen-bond acceptors (Lipinski definition) is 5. The molecule has 0 amide bonds. The Morgan fingerprint density at radius 1 is 1.47 bits per heavy atom. The zero-order valence-electron chi connectivity index (χ0n) is 9.88. The van der Waals surface area contributed by atoms with Crippen LogP contribution < -0.4 is 5.73 Å². The fourth-order valence-corrected chi connectivity index (χ4v) is 4.74. The van der Waals surface area contributed by atoms with Gasteiger partial charge in [-0.1, -0.05) is 0 Å². The van der Waals surface area contributed by atoms with Gasteiger partial charge < -0.3 is 5.73 Å². The van der Waals surface area contributed by atoms with Crippen LogP contribution in [0.3, 0.4) is 0 Å². The van der Waals surface area contributed by atoms with E-state index in [9.17, 15) is 0 Å². The van der Waals surface area contributed by atoms with Crippen molar-refractivity contribution in [3.05, 3.63) is 23.2 Å². The Morgan fingerprint density at radius 3 is 3.00 bits per heavy atom. The van der Waals surface area contributed by atoms with Crippen LogP contribution in [0.5, 0.6) is 0 Å². The summed E-state index contributed by atoms with van der Waals surface area (Å²) < 4.78 is 1.19. The maximum Gasteiger partial charge on any atom is 0.121 e. The van der Waals surface area contributed by atoms with Gasteiger partial charge in [-0.15, -0.1) is 23.1 Å². The van der Waals surface area contributed by atoms with E-state index in [-0.39, 0.29) is 0 Å². The molecule has 2 N–H and O–H groups in total. The topological polar surface area (TPSA) is 42.1 Å². The molecule has 0 radical (unpaired) electrons. The van der Waals surface area contributed by atoms with Gasteiger partial charge in [-0.05, 0) is 32.2 Å². The molecule has 1 aliphatic heterocycles. The summed E-state index contributed by atoms with van der Waals surface area (Å²) in [6.45, 7) is 2.26. The minimum atomic E-state index is 0.406. The van der Waals surface area contributed by atoms with Crippen molar-refractivity contribution in [1.82, 2.24) is 9.88 Å². The summed E-state index contributed by atoms with van der Waals surface area (Å²) in [5.41, 5.74) is 7.68. The predicted octanol–water partition coefficient (Wildman–Crippen LogP) is 2.94. The van der Waals surface area contributed by atoms with Crippen molar-refractivity contribution < 1.29 is 0 Å². The SMILES string of the molecule is CC1CSC(c2nc3ccc(N)cc3s2)N1C. The van der Waals surface area contributed by atoms with Crippen LogP contribution in [0.1, 0.15) is 17.3 Å². The van der Waals surface area contributed by atoms with Gasteiger partial charge in [0.25, 0.3) is 0 Å². The molecule has 17 heavy (non-hydrogen) atoms. The normalized spacial score (nSPS) is 25.8. The number of thiazole rings is 1. The van der Waals surface area contributed by atoms with Crippen molar-refractivity contribution in [2.75, 3.05) is 18.5 Å². The number of nitrogens with two attached hydrogens (primary N) is 1. The molecule has 1 aromatic heterocycles. The highest BCUT2D eigenvalue weighted by molar-refractivity contribution is 7.99. The van der Waals surface area contributed by atoms with Crippen LogP contribution in [0.2, 0.25) is 0 Å². The largest absolute Gasteiger partial charge is 0.399 e. The van der Waals surface area contributed by atoms with Crippen LogP contribution in [-0.2, 0) is 0 Å². The molecule has 3 rings (SSSR count). The smallest absolute Gasteiger partial charge is 0.121 e. The molecular weight excluding hydrogens is 250 g/mol. The van der Waals surface area contributed by atoms with Gasteiger partial charge in [0.05, 0.1) is 10.2 Å². The van der Waals surface area contributed by atoms with Gasteiger partial charge in [-0.2, -0.15) is 0 Å². The average Bonchev–Trinajstić information content (AvgIpc) is 2.83. The maximum absolute atomic E-state index is 5.80. The Bertz CT molecular complexity index is 552. The van der Waals surface area contributed by atoms with E-state index in [1.54, 1.807) is 11.3 Å². The first-order chi connectivity index (χ1) is 8.15. The number of anilines is 1. The lowest BCUT2D eigenvalue weighted by atomic mass is 10.3. The summed E-state index contributed by atoms with van der Waals surface area (Å²) in [5.74, 6) is 1.18. The zero-order valence-corrected chi connectivity index (χ0v) is 11.5. The van der Waals surface area contributed by atoms with Crippen LogP contribution in [0, 0.1) is 0 Å². The van der Waals surface area contributed by atoms with E-state index in [1.807, 2.05) is 30.0 Å². The fourth-order valence-electron chi connectivity index (χ4n) is 2.01. The van der Waals surface area contributed by atoms with E-state index >= 15 is 0 Å². The number of hydrogen-bond donors (Lipinski definition) is 1. The highest BCUT2D eigenvalue weighted by Gasteiger charge is 2.31. The molecule has 90 valence electrons. The van der Waals surface area contributed by atoms with Crippen molar-refractivity contribution in [3.8, 4) is 0 Å². The molecule has 2 unspecified atom stereocenters. The molecule has 1 saturated heterocycles. The van der Waals surface area contributed by atoms with Gasteiger partial charge in [0, 0.05) is 17.5 Å². The Morgan fingerprint density at radius 2 is 2.29 bits per heavy atom. The molecule has 3 nitrogen and oxygen atoms in total. The van der Waals surface area contributed by atoms with Crippen molar-refractivity contribution in [3.63, 3.8) is 0 Å². The molecule has 1 fully saturated rings. The Labute approximate surface area is 109 Å². The lowest BCUT2D eigenvalue weighted by Crippen LogP contribution is -2.25. The van der Waals surface area contributed by atoms with Crippen LogP contribution >= 0.6 is 23.1 Å². The van der Waals surface area contributed by atoms with Gasteiger partial charge in [-0.3, -0.25) is 4.90 Å². The van der Waals surface area contributed by atoms with Crippen LogP contribution in [0.25, 0.3) is 10.2 Å². The summed E-state index contributed by atoms with van der Waals surface area (Å²) in [4.78, 5) is 7.12. The Kier molecular flexibility index (Phi) is 2.77. The number of nitrogen functional groups attached to an aromatic ring is 1. The standard InChI is InChI=1S/C12H15N3S2/c1-7-6-16-12(15(7)2)11-14-9-4-3-8(13)5-10(9)17-11/h3-5,7,12H,6,13H2,1-2H3. The second kappa shape index (κ2) is 4.15. The molecule has 2 atom stereocenters. The molecule has 0 spiro atoms. The van der Waals surface area contributed by atoms with E-state index in [1.165, 1.54) is 15.5 Å². The number of nitrogens with zero attached hydrogens (tertiary/aromatic N) is 2. The van der Waals surface area contributed by atoms with Crippen LogP contribution in [-0.4, -0.2) is 28.7 Å². The van der Waals surface area contributed by atoms with E-state index in [0.29, 0.717) is 11.4 Å². The van der Waals surface area contributed by atoms with Crippen LogP contribution in [0.15, 0.2) is 18.2 Å². The third-order valence-corrected chi connectivity index (χ3v) is 5.97. The van der Waals surface area contributed by atoms with Gasteiger partial charge in [0.2, 0.25) is 0 Å². The molecule has 2 heterocycles. The van der Waals surface area contributed by atoms with Gasteiger partial charge in [0.1, 0.15) is 10.4 Å². The highest BCUT2D eigenvalue weighted by atomic mass is 32.2. The van der Waals surface area contributed by atoms with Gasteiger partial charge >= 0.3 is 0 Å². The fraction of sp³-hybridized carbons (Fsp3) is 0.417. The molecule has 1 aliphatic rings. The first kappa shape index (κ1) is 11.3. The van der Waals surface area contributed by atoms with Crippen molar-refractivity contribution in [2.45, 2.75) is 18.3 Å². The number of rotatable bonds is 1. The molecule has 0 aliphatic carbocycles. The molecule has 2 aromatic rings. The quantitative estimate of drug-likeness (QED) is 0.805. The summed E-state index contributed by atoms with van der Waals surface area (Å²) >= 11 is 3.73. The summed E-state index contributed by atoms with van der Waals surface area (Å²) in [6, 6.07) is 6.56. The second-order valence-electron chi connectivity index (χ2n) is 4.48. The van der Waals surface area contributed by atoms with Gasteiger partial charge in [0.15, 0.2) is 0 Å². The molecule has 0 saturated carbocycles. The monoisotopic (exact) mass is 265 g/mol. The van der Waals surface area contributed by atoms with E-state index in [0.717, 1.165) is 11.2 Å². The Balaban J connectivity index is 2.01. The van der Waals surface area contributed by atoms with Crippen LogP contribution in [0.4, 0.5) is 5.69 Å². The lowest BCUT2D eigenvalue weighted by molar-refractivity contribution is 0.282. The van der Waals surface area contributed by atoms with E-state index in [2.05, 4.69) is 18.9 Å². The third-order valence-electron chi connectivity index (χ3n) is 3.20. The van der Waals surface area contributed by atoms with Crippen molar-refractivity contribution >= 4 is 39.0 Å². The maximum atomic E-state index is 5.80. The second-order valence-corrected chi connectivity index (χ2v) is 6.65. The number of aromatic nitrogens is 1. The zero-order chi connectivity index (χ0) is 12.0. The van der Waals surface area contributed by atoms with Gasteiger partial charge in [-0.25, -0.2) is 4.98 Å². The molecule has 0 bridgehead atoms. The summed E-state index contributed by atoms with van der Waals surface area (Å²) in [5, 5.41) is 1.60. The number of benzene rings is 1. The highest BCUT2D eigenvalue weighted by Crippen LogP contribution is 2.42. The van der Waals surface area contributed by atoms with E-state index in [4.69, 9.17) is 10.7 Å². The lowest BCUT2D eigenvalue weighted by Gasteiger charge is -2.19. The first-order valence-corrected chi connectivity index (χ1v) is 7.51.